The Hall–Kier alpha value is -1.53. The number of halogens is 1. The molecule has 0 aliphatic carbocycles. The summed E-state index contributed by atoms with van der Waals surface area (Å²) in [5, 5.41) is 18.8. The van der Waals surface area contributed by atoms with Gasteiger partial charge in [-0.05, 0) is 24.1 Å². The molecule has 0 saturated heterocycles. The van der Waals surface area contributed by atoms with E-state index in [4.69, 9.17) is 11.6 Å². The number of hydrogen-bond donors (Lipinski definition) is 0. The Bertz CT molecular complexity index is 555. The summed E-state index contributed by atoms with van der Waals surface area (Å²) < 4.78 is 0.320. The summed E-state index contributed by atoms with van der Waals surface area (Å²) in [6.45, 7) is 1.86. The van der Waals surface area contributed by atoms with Crippen LogP contribution in [0.2, 0.25) is 4.47 Å². The third-order valence-electron chi connectivity index (χ3n) is 2.06. The minimum Gasteiger partial charge on any atom is -0.258 e. The maximum atomic E-state index is 10.6. The normalized spacial score (nSPS) is 10.4. The Kier molecular flexibility index (Phi) is 2.84. The molecule has 2 aromatic rings. The van der Waals surface area contributed by atoms with Crippen molar-refractivity contribution in [2.45, 2.75) is 6.92 Å². The van der Waals surface area contributed by atoms with Crippen molar-refractivity contribution in [1.29, 1.82) is 0 Å². The maximum absolute atomic E-state index is 10.6. The van der Waals surface area contributed by atoms with Gasteiger partial charge in [0.2, 0.25) is 4.47 Å². The van der Waals surface area contributed by atoms with Crippen molar-refractivity contribution in [1.82, 2.24) is 10.2 Å². The summed E-state index contributed by atoms with van der Waals surface area (Å²) in [4.78, 5) is 10.2. The minimum absolute atomic E-state index is 0.0342. The molecule has 0 bridgehead atoms. The highest BCUT2D eigenvalue weighted by molar-refractivity contribution is 7.18. The van der Waals surface area contributed by atoms with Gasteiger partial charge in [-0.1, -0.05) is 17.4 Å². The Morgan fingerprint density at radius 3 is 2.75 bits per heavy atom. The van der Waals surface area contributed by atoms with Gasteiger partial charge in [-0.3, -0.25) is 10.1 Å². The van der Waals surface area contributed by atoms with Gasteiger partial charge in [0.1, 0.15) is 5.01 Å². The molecular formula is C9H6ClN3O2S. The first-order chi connectivity index (χ1) is 7.58. The molecule has 0 unspecified atom stereocenters. The second-order valence-corrected chi connectivity index (χ2v) is 4.68. The van der Waals surface area contributed by atoms with E-state index >= 15 is 0 Å². The summed E-state index contributed by atoms with van der Waals surface area (Å²) in [6.07, 6.45) is 0. The van der Waals surface area contributed by atoms with E-state index in [0.717, 1.165) is 5.56 Å². The summed E-state index contributed by atoms with van der Waals surface area (Å²) in [5.74, 6) is 0. The molecule has 2 rings (SSSR count). The Morgan fingerprint density at radius 2 is 2.19 bits per heavy atom. The predicted octanol–water partition coefficient (Wildman–Crippen LogP) is 3.08. The largest absolute Gasteiger partial charge is 0.270 e. The molecule has 16 heavy (non-hydrogen) atoms. The molecule has 0 atom stereocenters. The van der Waals surface area contributed by atoms with Crippen LogP contribution in [0.25, 0.3) is 10.6 Å². The molecule has 0 amide bonds. The van der Waals surface area contributed by atoms with Crippen molar-refractivity contribution in [3.8, 4) is 10.6 Å². The molecular weight excluding hydrogens is 250 g/mol. The van der Waals surface area contributed by atoms with Gasteiger partial charge in [-0.2, -0.15) is 0 Å². The SMILES string of the molecule is Cc1ccc([N+](=O)[O-])cc1-c1nnc(Cl)s1. The van der Waals surface area contributed by atoms with Crippen molar-refractivity contribution in [3.63, 3.8) is 0 Å². The highest BCUT2D eigenvalue weighted by Gasteiger charge is 2.13. The number of aromatic nitrogens is 2. The highest BCUT2D eigenvalue weighted by Crippen LogP contribution is 2.31. The first-order valence-corrected chi connectivity index (χ1v) is 5.52. The van der Waals surface area contributed by atoms with Crippen LogP contribution >= 0.6 is 22.9 Å². The summed E-state index contributed by atoms with van der Waals surface area (Å²) >= 11 is 6.87. The van der Waals surface area contributed by atoms with Crippen LogP contribution in [0.1, 0.15) is 5.56 Å². The molecule has 1 aromatic carbocycles. The van der Waals surface area contributed by atoms with Crippen molar-refractivity contribution in [2.24, 2.45) is 0 Å². The van der Waals surface area contributed by atoms with Gasteiger partial charge in [0.15, 0.2) is 0 Å². The number of non-ortho nitro benzene ring substituents is 1. The number of nitro benzene ring substituents is 1. The lowest BCUT2D eigenvalue weighted by atomic mass is 10.1. The lowest BCUT2D eigenvalue weighted by molar-refractivity contribution is -0.384. The molecule has 0 spiro atoms. The van der Waals surface area contributed by atoms with Crippen LogP contribution in [0.15, 0.2) is 18.2 Å². The van der Waals surface area contributed by atoms with Crippen LogP contribution in [0.3, 0.4) is 0 Å². The Labute approximate surface area is 99.9 Å². The van der Waals surface area contributed by atoms with Crippen LogP contribution in [-0.4, -0.2) is 15.1 Å². The van der Waals surface area contributed by atoms with Crippen LogP contribution in [0, 0.1) is 17.0 Å². The molecule has 1 heterocycles. The molecule has 0 aliphatic rings. The lowest BCUT2D eigenvalue weighted by Crippen LogP contribution is -1.90. The maximum Gasteiger partial charge on any atom is 0.270 e. The van der Waals surface area contributed by atoms with E-state index in [0.29, 0.717) is 15.0 Å². The van der Waals surface area contributed by atoms with Gasteiger partial charge in [-0.25, -0.2) is 0 Å². The summed E-state index contributed by atoms with van der Waals surface area (Å²) in [7, 11) is 0. The van der Waals surface area contributed by atoms with Crippen molar-refractivity contribution >= 4 is 28.6 Å². The van der Waals surface area contributed by atoms with E-state index in [1.165, 1.54) is 23.5 Å². The highest BCUT2D eigenvalue weighted by atomic mass is 35.5. The zero-order valence-corrected chi connectivity index (χ0v) is 9.75. The van der Waals surface area contributed by atoms with Crippen LogP contribution < -0.4 is 0 Å². The zero-order valence-electron chi connectivity index (χ0n) is 8.18. The molecule has 0 saturated carbocycles. The fourth-order valence-corrected chi connectivity index (χ4v) is 2.18. The fraction of sp³-hybridized carbons (Fsp3) is 0.111. The first-order valence-electron chi connectivity index (χ1n) is 4.32. The molecule has 7 heteroatoms. The third kappa shape index (κ3) is 2.02. The molecule has 1 aromatic heterocycles. The molecule has 0 radical (unpaired) electrons. The monoisotopic (exact) mass is 255 g/mol. The van der Waals surface area contributed by atoms with Gasteiger partial charge >= 0.3 is 0 Å². The molecule has 5 nitrogen and oxygen atoms in total. The van der Waals surface area contributed by atoms with Gasteiger partial charge < -0.3 is 0 Å². The average molecular weight is 256 g/mol. The number of nitrogens with zero attached hydrogens (tertiary/aromatic N) is 3. The summed E-state index contributed by atoms with van der Waals surface area (Å²) in [5.41, 5.74) is 1.63. The average Bonchev–Trinajstić information content (AvgIpc) is 2.65. The van der Waals surface area contributed by atoms with Crippen LogP contribution in [-0.2, 0) is 0 Å². The van der Waals surface area contributed by atoms with Gasteiger partial charge in [0, 0.05) is 17.7 Å². The van der Waals surface area contributed by atoms with Gasteiger partial charge in [0.25, 0.3) is 5.69 Å². The first kappa shape index (κ1) is 11.0. The van der Waals surface area contributed by atoms with E-state index in [9.17, 15) is 10.1 Å². The predicted molar refractivity (Wildman–Crippen MR) is 61.7 cm³/mol. The third-order valence-corrected chi connectivity index (χ3v) is 3.11. The van der Waals surface area contributed by atoms with Gasteiger partial charge in [0.05, 0.1) is 4.92 Å². The van der Waals surface area contributed by atoms with Gasteiger partial charge in [-0.15, -0.1) is 10.2 Å². The van der Waals surface area contributed by atoms with E-state index in [1.807, 2.05) is 6.92 Å². The zero-order chi connectivity index (χ0) is 11.7. The number of aryl methyl sites for hydroxylation is 1. The Balaban J connectivity index is 2.55. The number of rotatable bonds is 2. The van der Waals surface area contributed by atoms with Crippen molar-refractivity contribution < 1.29 is 4.92 Å². The molecule has 0 fully saturated rings. The van der Waals surface area contributed by atoms with E-state index in [-0.39, 0.29) is 5.69 Å². The standard InChI is InChI=1S/C9H6ClN3O2S/c1-5-2-3-6(13(14)15)4-7(5)8-11-12-9(10)16-8/h2-4H,1H3. The number of hydrogen-bond acceptors (Lipinski definition) is 5. The number of benzene rings is 1. The second kappa shape index (κ2) is 4.15. The lowest BCUT2D eigenvalue weighted by Gasteiger charge is -2.00. The van der Waals surface area contributed by atoms with E-state index < -0.39 is 4.92 Å². The smallest absolute Gasteiger partial charge is 0.258 e. The molecule has 82 valence electrons. The van der Waals surface area contributed by atoms with Crippen LogP contribution in [0.4, 0.5) is 5.69 Å². The Morgan fingerprint density at radius 1 is 1.44 bits per heavy atom. The van der Waals surface area contributed by atoms with E-state index in [1.54, 1.807) is 6.07 Å². The van der Waals surface area contributed by atoms with Crippen molar-refractivity contribution in [2.75, 3.05) is 0 Å². The molecule has 0 aliphatic heterocycles. The number of nitro groups is 1. The topological polar surface area (TPSA) is 68.9 Å². The quantitative estimate of drug-likeness (QED) is 0.611. The minimum atomic E-state index is -0.439. The molecule has 0 N–H and O–H groups in total. The van der Waals surface area contributed by atoms with E-state index in [2.05, 4.69) is 10.2 Å². The van der Waals surface area contributed by atoms with Crippen LogP contribution in [0.5, 0.6) is 0 Å². The summed E-state index contributed by atoms with van der Waals surface area (Å²) in [6, 6.07) is 4.62. The fourth-order valence-electron chi connectivity index (χ4n) is 1.27. The second-order valence-electron chi connectivity index (χ2n) is 3.12. The van der Waals surface area contributed by atoms with Crippen molar-refractivity contribution in [3.05, 3.63) is 38.3 Å².